The van der Waals surface area contributed by atoms with Crippen molar-refractivity contribution in [2.75, 3.05) is 6.61 Å². The van der Waals surface area contributed by atoms with Crippen LogP contribution in [0.2, 0.25) is 0 Å². The monoisotopic (exact) mass is 188 g/mol. The van der Waals surface area contributed by atoms with E-state index >= 15 is 0 Å². The average molecular weight is 188 g/mol. The lowest BCUT2D eigenvalue weighted by molar-refractivity contribution is 0.285. The number of rotatable bonds is 2. The van der Waals surface area contributed by atoms with E-state index in [1.54, 1.807) is 0 Å². The van der Waals surface area contributed by atoms with Gasteiger partial charge < -0.3 is 9.47 Å². The molecular weight excluding hydrogens is 176 g/mol. The van der Waals surface area contributed by atoms with Gasteiger partial charge in [-0.3, -0.25) is 0 Å². The molecule has 0 N–H and O–H groups in total. The molecule has 2 rings (SSSR count). The SMILES string of the molecule is C=C=C1OCc2cc(OCC)ccc21. The molecule has 0 amide bonds. The summed E-state index contributed by atoms with van der Waals surface area (Å²) in [6, 6.07) is 5.93. The van der Waals surface area contributed by atoms with Crippen molar-refractivity contribution in [2.45, 2.75) is 13.5 Å². The van der Waals surface area contributed by atoms with E-state index in [1.807, 2.05) is 25.1 Å². The summed E-state index contributed by atoms with van der Waals surface area (Å²) in [6.45, 7) is 6.83. The first-order valence-electron chi connectivity index (χ1n) is 4.64. The van der Waals surface area contributed by atoms with Gasteiger partial charge in [0.1, 0.15) is 12.4 Å². The second kappa shape index (κ2) is 3.60. The molecule has 0 aromatic heterocycles. The summed E-state index contributed by atoms with van der Waals surface area (Å²) >= 11 is 0. The molecule has 1 aliphatic rings. The van der Waals surface area contributed by atoms with Crippen LogP contribution in [-0.4, -0.2) is 6.61 Å². The summed E-state index contributed by atoms with van der Waals surface area (Å²) in [6.07, 6.45) is 0. The normalized spacial score (nSPS) is 13.1. The molecule has 0 aliphatic carbocycles. The third-order valence-corrected chi connectivity index (χ3v) is 2.16. The highest BCUT2D eigenvalue weighted by atomic mass is 16.5. The maximum atomic E-state index is 5.40. The van der Waals surface area contributed by atoms with Crippen LogP contribution >= 0.6 is 0 Å². The lowest BCUT2D eigenvalue weighted by Crippen LogP contribution is -1.92. The molecule has 0 fully saturated rings. The van der Waals surface area contributed by atoms with Crippen molar-refractivity contribution in [1.82, 2.24) is 0 Å². The first-order chi connectivity index (χ1) is 6.85. The second-order valence-corrected chi connectivity index (χ2v) is 3.05. The van der Waals surface area contributed by atoms with E-state index in [4.69, 9.17) is 9.47 Å². The number of fused-ring (bicyclic) bond motifs is 1. The average Bonchev–Trinajstić information content (AvgIpc) is 2.60. The fraction of sp³-hybridized carbons (Fsp3) is 0.250. The van der Waals surface area contributed by atoms with E-state index in [0.717, 1.165) is 22.6 Å². The van der Waals surface area contributed by atoms with Crippen LogP contribution in [0.15, 0.2) is 30.5 Å². The van der Waals surface area contributed by atoms with Gasteiger partial charge >= 0.3 is 0 Å². The van der Waals surface area contributed by atoms with Gasteiger partial charge in [-0.05, 0) is 25.1 Å². The molecule has 1 heterocycles. The van der Waals surface area contributed by atoms with Crippen molar-refractivity contribution in [1.29, 1.82) is 0 Å². The number of hydrogen-bond donors (Lipinski definition) is 0. The molecule has 0 saturated carbocycles. The third kappa shape index (κ3) is 1.40. The summed E-state index contributed by atoms with van der Waals surface area (Å²) in [7, 11) is 0. The highest BCUT2D eigenvalue weighted by Crippen LogP contribution is 2.31. The Balaban J connectivity index is 2.39. The van der Waals surface area contributed by atoms with Crippen LogP contribution < -0.4 is 4.74 Å². The smallest absolute Gasteiger partial charge is 0.169 e. The van der Waals surface area contributed by atoms with Crippen molar-refractivity contribution >= 4 is 5.76 Å². The molecule has 0 radical (unpaired) electrons. The largest absolute Gasteiger partial charge is 0.494 e. The Morgan fingerprint density at radius 2 is 2.43 bits per heavy atom. The van der Waals surface area contributed by atoms with Gasteiger partial charge in [0, 0.05) is 11.1 Å². The van der Waals surface area contributed by atoms with Gasteiger partial charge in [0.25, 0.3) is 0 Å². The third-order valence-electron chi connectivity index (χ3n) is 2.16. The minimum Gasteiger partial charge on any atom is -0.494 e. The zero-order valence-electron chi connectivity index (χ0n) is 8.17. The van der Waals surface area contributed by atoms with E-state index < -0.39 is 0 Å². The van der Waals surface area contributed by atoms with E-state index in [2.05, 4.69) is 12.3 Å². The summed E-state index contributed by atoms with van der Waals surface area (Å²) in [5.41, 5.74) is 4.99. The molecule has 14 heavy (non-hydrogen) atoms. The van der Waals surface area contributed by atoms with Gasteiger partial charge in [-0.2, -0.15) is 0 Å². The summed E-state index contributed by atoms with van der Waals surface area (Å²) in [5.74, 6) is 1.63. The quantitative estimate of drug-likeness (QED) is 0.664. The number of hydrogen-bond acceptors (Lipinski definition) is 2. The molecule has 1 aromatic carbocycles. The Bertz CT molecular complexity index is 401. The maximum Gasteiger partial charge on any atom is 0.169 e. The second-order valence-electron chi connectivity index (χ2n) is 3.05. The summed E-state index contributed by atoms with van der Waals surface area (Å²) in [4.78, 5) is 0. The fourth-order valence-electron chi connectivity index (χ4n) is 1.54. The van der Waals surface area contributed by atoms with Gasteiger partial charge in [-0.15, -0.1) is 0 Å². The van der Waals surface area contributed by atoms with Gasteiger partial charge in [0.05, 0.1) is 6.61 Å². The number of benzene rings is 1. The minimum atomic E-state index is 0.591. The zero-order chi connectivity index (χ0) is 9.97. The molecule has 72 valence electrons. The molecule has 0 spiro atoms. The Kier molecular flexibility index (Phi) is 2.30. The molecular formula is C12H12O2. The maximum absolute atomic E-state index is 5.40. The first kappa shape index (κ1) is 8.92. The van der Waals surface area contributed by atoms with E-state index in [1.165, 1.54) is 0 Å². The van der Waals surface area contributed by atoms with E-state index in [0.29, 0.717) is 13.2 Å². The zero-order valence-corrected chi connectivity index (χ0v) is 8.17. The van der Waals surface area contributed by atoms with Crippen molar-refractivity contribution in [2.24, 2.45) is 0 Å². The first-order valence-corrected chi connectivity index (χ1v) is 4.64. The molecule has 0 bridgehead atoms. The Labute approximate surface area is 83.5 Å². The summed E-state index contributed by atoms with van der Waals surface area (Å²) in [5, 5.41) is 0. The highest BCUT2D eigenvalue weighted by molar-refractivity contribution is 5.66. The van der Waals surface area contributed by atoms with Crippen molar-refractivity contribution in [3.8, 4) is 5.75 Å². The van der Waals surface area contributed by atoms with Gasteiger partial charge in [0.15, 0.2) is 5.76 Å². The predicted octanol–water partition coefficient (Wildman–Crippen LogP) is 2.74. The molecule has 2 heteroatoms. The number of ether oxygens (including phenoxy) is 2. The lowest BCUT2D eigenvalue weighted by Gasteiger charge is -2.03. The van der Waals surface area contributed by atoms with E-state index in [-0.39, 0.29) is 0 Å². The Morgan fingerprint density at radius 1 is 1.57 bits per heavy atom. The van der Waals surface area contributed by atoms with Gasteiger partial charge in [-0.25, -0.2) is 0 Å². The van der Waals surface area contributed by atoms with E-state index in [9.17, 15) is 0 Å². The molecule has 1 aliphatic heterocycles. The van der Waals surface area contributed by atoms with Crippen LogP contribution in [0.5, 0.6) is 5.75 Å². The Morgan fingerprint density at radius 3 is 3.14 bits per heavy atom. The van der Waals surface area contributed by atoms with Gasteiger partial charge in [0.2, 0.25) is 0 Å². The molecule has 0 unspecified atom stereocenters. The molecule has 0 atom stereocenters. The van der Waals surface area contributed by atoms with Crippen LogP contribution in [0.3, 0.4) is 0 Å². The Hall–Kier alpha value is -1.66. The van der Waals surface area contributed by atoms with Crippen LogP contribution in [0, 0.1) is 0 Å². The van der Waals surface area contributed by atoms with Crippen molar-refractivity contribution in [3.63, 3.8) is 0 Å². The van der Waals surface area contributed by atoms with Crippen molar-refractivity contribution < 1.29 is 9.47 Å². The van der Waals surface area contributed by atoms with Gasteiger partial charge in [-0.1, -0.05) is 12.3 Å². The summed E-state index contributed by atoms with van der Waals surface area (Å²) < 4.78 is 10.8. The van der Waals surface area contributed by atoms with Crippen LogP contribution in [0.1, 0.15) is 18.1 Å². The fourth-order valence-corrected chi connectivity index (χ4v) is 1.54. The topological polar surface area (TPSA) is 18.5 Å². The van der Waals surface area contributed by atoms with Crippen LogP contribution in [0.4, 0.5) is 0 Å². The minimum absolute atomic E-state index is 0.591. The van der Waals surface area contributed by atoms with Crippen molar-refractivity contribution in [3.05, 3.63) is 41.6 Å². The predicted molar refractivity (Wildman–Crippen MR) is 54.9 cm³/mol. The lowest BCUT2D eigenvalue weighted by atomic mass is 10.1. The highest BCUT2D eigenvalue weighted by Gasteiger charge is 2.17. The standard InChI is InChI=1S/C12H12O2/c1-3-12-11-6-5-10(13-4-2)7-9(11)8-14-12/h5-7H,1,4,8H2,2H3. The molecule has 0 saturated heterocycles. The molecule has 2 nitrogen and oxygen atoms in total. The molecule has 1 aromatic rings. The van der Waals surface area contributed by atoms with Crippen LogP contribution in [-0.2, 0) is 11.3 Å². The van der Waals surface area contributed by atoms with Crippen LogP contribution in [0.25, 0.3) is 5.76 Å².